The summed E-state index contributed by atoms with van der Waals surface area (Å²) in [7, 11) is -7.37. The van der Waals surface area contributed by atoms with Crippen LogP contribution in [0.5, 0.6) is 0 Å². The van der Waals surface area contributed by atoms with Gasteiger partial charge in [0.15, 0.2) is 16.6 Å². The molecule has 0 aliphatic rings. The minimum Gasteiger partial charge on any atom is -0.462 e. The highest BCUT2D eigenvalue weighted by atomic mass is 31.2. The third kappa shape index (κ3) is 10.6. The van der Waals surface area contributed by atoms with E-state index in [-0.39, 0.29) is 12.8 Å². The fraction of sp³-hybridized carbons (Fsp3) is 0.471. The maximum absolute atomic E-state index is 13.0. The van der Waals surface area contributed by atoms with E-state index in [2.05, 4.69) is 0 Å². The molecule has 5 nitrogen and oxygen atoms in total. The molecule has 0 aromatic heterocycles. The monoisotopic (exact) mass is 400 g/mol. The fourth-order valence-corrected chi connectivity index (χ4v) is 10.2. The first-order valence-corrected chi connectivity index (χ1v) is 16.8. The highest BCUT2D eigenvalue weighted by Crippen LogP contribution is 2.52. The molecule has 8 heteroatoms. The van der Waals surface area contributed by atoms with Crippen molar-refractivity contribution in [1.29, 1.82) is 0 Å². The van der Waals surface area contributed by atoms with E-state index in [1.165, 1.54) is 6.08 Å². The SMILES string of the molecule is C[Si](C)(C)OP(=O)(CCOC(=O)/C=C/c1ccccc1)O[Si](C)(C)C. The highest BCUT2D eigenvalue weighted by Gasteiger charge is 2.36. The molecule has 0 saturated heterocycles. The summed E-state index contributed by atoms with van der Waals surface area (Å²) >= 11 is 0. The van der Waals surface area contributed by atoms with Crippen LogP contribution >= 0.6 is 7.60 Å². The molecule has 140 valence electrons. The zero-order valence-electron chi connectivity index (χ0n) is 15.9. The molecule has 0 saturated carbocycles. The number of rotatable bonds is 9. The average molecular weight is 401 g/mol. The van der Waals surface area contributed by atoms with Gasteiger partial charge in [0.25, 0.3) is 0 Å². The summed E-state index contributed by atoms with van der Waals surface area (Å²) in [4.78, 5) is 11.8. The maximum Gasteiger partial charge on any atom is 0.330 e. The summed E-state index contributed by atoms with van der Waals surface area (Å²) in [6.07, 6.45) is 3.12. The predicted molar refractivity (Wildman–Crippen MR) is 108 cm³/mol. The minimum absolute atomic E-state index is 0.00417. The number of hydrogen-bond acceptors (Lipinski definition) is 5. The van der Waals surface area contributed by atoms with Gasteiger partial charge in [0.1, 0.15) is 6.61 Å². The smallest absolute Gasteiger partial charge is 0.330 e. The lowest BCUT2D eigenvalue weighted by Gasteiger charge is -2.30. The van der Waals surface area contributed by atoms with Crippen molar-refractivity contribution in [2.45, 2.75) is 39.3 Å². The quantitative estimate of drug-likeness (QED) is 0.249. The molecule has 0 heterocycles. The van der Waals surface area contributed by atoms with Crippen LogP contribution in [0.4, 0.5) is 0 Å². The van der Waals surface area contributed by atoms with Crippen molar-refractivity contribution in [2.75, 3.05) is 12.8 Å². The molecule has 0 bridgehead atoms. The van der Waals surface area contributed by atoms with Crippen LogP contribution in [-0.2, 0) is 22.5 Å². The van der Waals surface area contributed by atoms with Crippen LogP contribution in [0.25, 0.3) is 6.08 Å². The second-order valence-corrected chi connectivity index (χ2v) is 19.2. The first kappa shape index (κ1) is 22.1. The molecule has 0 spiro atoms. The summed E-state index contributed by atoms with van der Waals surface area (Å²) in [6.45, 7) is 11.8. The molecule has 0 unspecified atom stereocenters. The molecule has 25 heavy (non-hydrogen) atoms. The van der Waals surface area contributed by atoms with Crippen molar-refractivity contribution in [3.05, 3.63) is 42.0 Å². The normalized spacial score (nSPS) is 13.2. The first-order chi connectivity index (χ1) is 11.4. The van der Waals surface area contributed by atoms with E-state index in [4.69, 9.17) is 13.2 Å². The van der Waals surface area contributed by atoms with Gasteiger partial charge >= 0.3 is 13.6 Å². The summed E-state index contributed by atoms with van der Waals surface area (Å²) < 4.78 is 29.8. The van der Waals surface area contributed by atoms with Gasteiger partial charge in [-0.2, -0.15) is 0 Å². The molecule has 0 amide bonds. The Morgan fingerprint density at radius 3 is 2.00 bits per heavy atom. The van der Waals surface area contributed by atoms with E-state index >= 15 is 0 Å². The molecule has 1 aromatic rings. The zero-order chi connectivity index (χ0) is 19.1. The standard InChI is InChI=1S/C17H29O5PSi2/c1-24(2,3)21-23(19,22-25(4,5)6)15-14-20-17(18)13-12-16-10-8-7-9-11-16/h7-13H,14-15H2,1-6H3/b13-12+. The van der Waals surface area contributed by atoms with Gasteiger partial charge in [0, 0.05) is 6.08 Å². The lowest BCUT2D eigenvalue weighted by atomic mass is 10.2. The van der Waals surface area contributed by atoms with Crippen molar-refractivity contribution < 1.29 is 22.5 Å². The van der Waals surface area contributed by atoms with E-state index in [1.54, 1.807) is 6.08 Å². The van der Waals surface area contributed by atoms with Gasteiger partial charge in [-0.25, -0.2) is 4.79 Å². The Bertz CT molecular complexity index is 613. The fourth-order valence-electron chi connectivity index (χ4n) is 1.98. The topological polar surface area (TPSA) is 61.8 Å². The summed E-state index contributed by atoms with van der Waals surface area (Å²) in [6, 6.07) is 9.47. The van der Waals surface area contributed by atoms with Gasteiger partial charge in [0.05, 0.1) is 6.16 Å². The maximum atomic E-state index is 13.0. The van der Waals surface area contributed by atoms with Gasteiger partial charge in [-0.15, -0.1) is 0 Å². The molecule has 0 atom stereocenters. The van der Waals surface area contributed by atoms with E-state index in [0.717, 1.165) is 5.56 Å². The van der Waals surface area contributed by atoms with Gasteiger partial charge in [-0.05, 0) is 50.9 Å². The number of hydrogen-bond donors (Lipinski definition) is 0. The lowest BCUT2D eigenvalue weighted by molar-refractivity contribution is -0.137. The Morgan fingerprint density at radius 1 is 1.00 bits per heavy atom. The van der Waals surface area contributed by atoms with Crippen LogP contribution < -0.4 is 0 Å². The van der Waals surface area contributed by atoms with E-state index in [1.807, 2.05) is 69.6 Å². The molecule has 1 rings (SSSR count). The van der Waals surface area contributed by atoms with Gasteiger partial charge < -0.3 is 13.2 Å². The number of esters is 1. The second-order valence-electron chi connectivity index (χ2n) is 7.65. The van der Waals surface area contributed by atoms with Crippen molar-refractivity contribution in [1.82, 2.24) is 0 Å². The molecular weight excluding hydrogens is 371 g/mol. The molecule has 0 fully saturated rings. The predicted octanol–water partition coefficient (Wildman–Crippen LogP) is 5.14. The summed E-state index contributed by atoms with van der Waals surface area (Å²) in [5.74, 6) is -0.476. The lowest BCUT2D eigenvalue weighted by Crippen LogP contribution is -2.31. The molecule has 0 aliphatic carbocycles. The third-order valence-electron chi connectivity index (χ3n) is 2.65. The van der Waals surface area contributed by atoms with Crippen molar-refractivity contribution in [2.24, 2.45) is 0 Å². The average Bonchev–Trinajstić information content (AvgIpc) is 2.42. The molecule has 0 aliphatic heterocycles. The van der Waals surface area contributed by atoms with Crippen LogP contribution in [0, 0.1) is 0 Å². The van der Waals surface area contributed by atoms with Crippen molar-refractivity contribution in [3.8, 4) is 0 Å². The van der Waals surface area contributed by atoms with E-state index < -0.39 is 30.2 Å². The molecule has 0 radical (unpaired) electrons. The van der Waals surface area contributed by atoms with Gasteiger partial charge in [-0.3, -0.25) is 4.57 Å². The Balaban J connectivity index is 2.60. The van der Waals surface area contributed by atoms with E-state index in [0.29, 0.717) is 0 Å². The third-order valence-corrected chi connectivity index (χ3v) is 9.98. The number of benzene rings is 1. The number of carbonyl (C=O) groups excluding carboxylic acids is 1. The Morgan fingerprint density at radius 2 is 1.52 bits per heavy atom. The molecular formula is C17H29O5PSi2. The van der Waals surface area contributed by atoms with Crippen molar-refractivity contribution in [3.63, 3.8) is 0 Å². The molecule has 0 N–H and O–H groups in total. The first-order valence-electron chi connectivity index (χ1n) is 8.29. The Kier molecular flexibility index (Phi) is 8.03. The highest BCUT2D eigenvalue weighted by molar-refractivity contribution is 7.57. The molecule has 1 aromatic carbocycles. The number of ether oxygens (including phenoxy) is 1. The largest absolute Gasteiger partial charge is 0.462 e. The summed E-state index contributed by atoms with van der Waals surface area (Å²) in [5, 5.41) is 0. The Hall–Kier alpha value is -0.986. The van der Waals surface area contributed by atoms with Gasteiger partial charge in [0.2, 0.25) is 0 Å². The minimum atomic E-state index is -3.27. The number of carbonyl (C=O) groups is 1. The van der Waals surface area contributed by atoms with Crippen LogP contribution in [0.15, 0.2) is 36.4 Å². The van der Waals surface area contributed by atoms with Crippen LogP contribution in [-0.4, -0.2) is 35.4 Å². The van der Waals surface area contributed by atoms with Crippen molar-refractivity contribution >= 4 is 36.3 Å². The van der Waals surface area contributed by atoms with Gasteiger partial charge in [-0.1, -0.05) is 30.3 Å². The van der Waals surface area contributed by atoms with Crippen LogP contribution in [0.1, 0.15) is 5.56 Å². The van der Waals surface area contributed by atoms with Crippen LogP contribution in [0.3, 0.4) is 0 Å². The summed E-state index contributed by atoms with van der Waals surface area (Å²) in [5.41, 5.74) is 0.911. The zero-order valence-corrected chi connectivity index (χ0v) is 18.8. The van der Waals surface area contributed by atoms with Crippen LogP contribution in [0.2, 0.25) is 39.3 Å². The Labute approximate surface area is 153 Å². The van der Waals surface area contributed by atoms with E-state index in [9.17, 15) is 9.36 Å². The second kappa shape index (κ2) is 9.10.